The second-order valence-electron chi connectivity index (χ2n) is 9.04. The van der Waals surface area contributed by atoms with E-state index in [-0.39, 0.29) is 23.1 Å². The maximum absolute atomic E-state index is 13.0. The Morgan fingerprint density at radius 3 is 2.69 bits per heavy atom. The zero-order valence-corrected chi connectivity index (χ0v) is 16.6. The van der Waals surface area contributed by atoms with E-state index in [2.05, 4.69) is 39.6 Å². The monoisotopic (exact) mass is 358 g/mol. The summed E-state index contributed by atoms with van der Waals surface area (Å²) in [6, 6.07) is 0. The molecule has 2 amide bonds. The number of fused-ring (bicyclic) bond motifs is 1. The maximum atomic E-state index is 13.0. The van der Waals surface area contributed by atoms with E-state index in [1.807, 2.05) is 16.0 Å². The van der Waals surface area contributed by atoms with E-state index >= 15 is 0 Å². The average molecular weight is 358 g/mol. The molecule has 142 valence electrons. The molecule has 0 spiro atoms. The molecule has 0 aromatic carbocycles. The number of carbonyl (C=O) groups excluding carboxylic acids is 2. The highest BCUT2D eigenvalue weighted by Gasteiger charge is 2.35. The molecule has 0 radical (unpaired) electrons. The topological polar surface area (TPSA) is 66.4 Å². The molecule has 26 heavy (non-hydrogen) atoms. The summed E-state index contributed by atoms with van der Waals surface area (Å²) in [6.07, 6.45) is 2.99. The van der Waals surface area contributed by atoms with Crippen LogP contribution in [0, 0.1) is 11.8 Å². The molecule has 1 unspecified atom stereocenters. The molecule has 3 heterocycles. The molecule has 0 saturated carbocycles. The van der Waals surface area contributed by atoms with Gasteiger partial charge in [0.1, 0.15) is 5.82 Å². The number of piperidine rings is 1. The molecular weight excluding hydrogens is 328 g/mol. The van der Waals surface area contributed by atoms with Crippen LogP contribution < -0.4 is 0 Å². The van der Waals surface area contributed by atoms with Crippen molar-refractivity contribution < 1.29 is 9.59 Å². The van der Waals surface area contributed by atoms with Gasteiger partial charge >= 0.3 is 0 Å². The third-order valence-corrected chi connectivity index (χ3v) is 5.07. The smallest absolute Gasteiger partial charge is 0.228 e. The van der Waals surface area contributed by atoms with Crippen LogP contribution in [0.3, 0.4) is 0 Å². The van der Waals surface area contributed by atoms with Crippen molar-refractivity contribution in [1.82, 2.24) is 19.8 Å². The lowest BCUT2D eigenvalue weighted by Crippen LogP contribution is -2.47. The Hall–Kier alpha value is -1.98. The number of nitrogens with zero attached hydrogens (tertiary/aromatic N) is 4. The number of hydrogen-bond donors (Lipinski definition) is 0. The number of carbonyl (C=O) groups is 2. The number of rotatable bonds is 3. The summed E-state index contributed by atoms with van der Waals surface area (Å²) in [4.78, 5) is 38.1. The lowest BCUT2D eigenvalue weighted by Gasteiger charge is -2.34. The van der Waals surface area contributed by atoms with E-state index in [0.29, 0.717) is 38.4 Å². The largest absolute Gasteiger partial charge is 0.342 e. The second-order valence-corrected chi connectivity index (χ2v) is 9.04. The van der Waals surface area contributed by atoms with Gasteiger partial charge in [0.15, 0.2) is 0 Å². The van der Waals surface area contributed by atoms with Gasteiger partial charge in [-0.2, -0.15) is 0 Å². The van der Waals surface area contributed by atoms with E-state index in [9.17, 15) is 9.59 Å². The molecule has 1 atom stereocenters. The molecule has 1 aromatic rings. The first-order valence-corrected chi connectivity index (χ1v) is 9.57. The summed E-state index contributed by atoms with van der Waals surface area (Å²) in [5, 5.41) is 0. The highest BCUT2D eigenvalue weighted by Crippen LogP contribution is 2.28. The first-order chi connectivity index (χ1) is 12.1. The summed E-state index contributed by atoms with van der Waals surface area (Å²) >= 11 is 0. The van der Waals surface area contributed by atoms with Gasteiger partial charge in [-0.05, 0) is 12.3 Å². The third-order valence-electron chi connectivity index (χ3n) is 5.07. The molecule has 3 rings (SSSR count). The Kier molecular flexibility index (Phi) is 5.04. The minimum atomic E-state index is -0.104. The lowest BCUT2D eigenvalue weighted by atomic mass is 9.95. The molecule has 6 heteroatoms. The summed E-state index contributed by atoms with van der Waals surface area (Å²) in [5.41, 5.74) is 1.90. The van der Waals surface area contributed by atoms with E-state index in [1.54, 1.807) is 0 Å². The van der Waals surface area contributed by atoms with Gasteiger partial charge in [0.05, 0.1) is 18.2 Å². The standard InChI is InChI=1S/C20H30N4O2/c1-13(2)9-23-10-14(6-7-17(23)25)18(26)24-11-15-8-21-19(20(3,4)5)22-16(15)12-24/h8,13-14H,6-7,9-12H2,1-5H3. The number of likely N-dealkylation sites (tertiary alicyclic amines) is 1. The van der Waals surface area contributed by atoms with Crippen molar-refractivity contribution in [3.63, 3.8) is 0 Å². The van der Waals surface area contributed by atoms with Crippen molar-refractivity contribution in [1.29, 1.82) is 0 Å². The van der Waals surface area contributed by atoms with Crippen molar-refractivity contribution in [3.8, 4) is 0 Å². The van der Waals surface area contributed by atoms with Crippen molar-refractivity contribution in [3.05, 3.63) is 23.3 Å². The lowest BCUT2D eigenvalue weighted by molar-refractivity contribution is -0.143. The Morgan fingerprint density at radius 1 is 1.31 bits per heavy atom. The summed E-state index contributed by atoms with van der Waals surface area (Å²) in [7, 11) is 0. The third kappa shape index (κ3) is 3.89. The second kappa shape index (κ2) is 6.97. The fourth-order valence-corrected chi connectivity index (χ4v) is 3.66. The van der Waals surface area contributed by atoms with Crippen LogP contribution in [0.25, 0.3) is 0 Å². The zero-order valence-electron chi connectivity index (χ0n) is 16.6. The fourth-order valence-electron chi connectivity index (χ4n) is 3.66. The molecule has 2 aliphatic rings. The first kappa shape index (κ1) is 18.8. The van der Waals surface area contributed by atoms with E-state index in [0.717, 1.165) is 23.6 Å². The van der Waals surface area contributed by atoms with Crippen molar-refractivity contribution in [2.24, 2.45) is 11.8 Å². The van der Waals surface area contributed by atoms with Gasteiger partial charge in [0.25, 0.3) is 0 Å². The predicted molar refractivity (Wildman–Crippen MR) is 99.1 cm³/mol. The normalized spacial score (nSPS) is 20.7. The molecule has 6 nitrogen and oxygen atoms in total. The number of hydrogen-bond acceptors (Lipinski definition) is 4. The molecule has 0 N–H and O–H groups in total. The number of amides is 2. The van der Waals surface area contributed by atoms with Gasteiger partial charge in [0, 0.05) is 43.2 Å². The summed E-state index contributed by atoms with van der Waals surface area (Å²) in [6.45, 7) is 12.9. The van der Waals surface area contributed by atoms with Gasteiger partial charge in [-0.1, -0.05) is 34.6 Å². The molecule has 1 fully saturated rings. The highest BCUT2D eigenvalue weighted by atomic mass is 16.2. The quantitative estimate of drug-likeness (QED) is 0.833. The van der Waals surface area contributed by atoms with Gasteiger partial charge in [-0.25, -0.2) is 9.97 Å². The van der Waals surface area contributed by atoms with Crippen LogP contribution in [-0.4, -0.2) is 44.7 Å². The summed E-state index contributed by atoms with van der Waals surface area (Å²) in [5.74, 6) is 1.44. The van der Waals surface area contributed by atoms with Gasteiger partial charge in [-0.3, -0.25) is 9.59 Å². The highest BCUT2D eigenvalue weighted by molar-refractivity contribution is 5.84. The zero-order chi connectivity index (χ0) is 19.1. The average Bonchev–Trinajstić information content (AvgIpc) is 2.98. The van der Waals surface area contributed by atoms with E-state index in [4.69, 9.17) is 4.98 Å². The predicted octanol–water partition coefficient (Wildman–Crippen LogP) is 2.51. The fraction of sp³-hybridized carbons (Fsp3) is 0.700. The Balaban J connectivity index is 1.68. The molecule has 1 aromatic heterocycles. The SMILES string of the molecule is CC(C)CN1CC(C(=O)N2Cc3cnc(C(C)(C)C)nc3C2)CCC1=O. The van der Waals surface area contributed by atoms with Gasteiger partial charge in [-0.15, -0.1) is 0 Å². The first-order valence-electron chi connectivity index (χ1n) is 9.57. The minimum Gasteiger partial charge on any atom is -0.342 e. The van der Waals surface area contributed by atoms with Crippen LogP contribution in [0.4, 0.5) is 0 Å². The van der Waals surface area contributed by atoms with Crippen LogP contribution in [0.2, 0.25) is 0 Å². The van der Waals surface area contributed by atoms with E-state index < -0.39 is 0 Å². The minimum absolute atomic E-state index is 0.101. The molecule has 0 bridgehead atoms. The maximum Gasteiger partial charge on any atom is 0.228 e. The molecule has 2 aliphatic heterocycles. The van der Waals surface area contributed by atoms with E-state index in [1.165, 1.54) is 0 Å². The molecule has 0 aliphatic carbocycles. The van der Waals surface area contributed by atoms with Crippen molar-refractivity contribution in [2.75, 3.05) is 13.1 Å². The Bertz CT molecular complexity index is 708. The molecule has 1 saturated heterocycles. The van der Waals surface area contributed by atoms with Crippen LogP contribution in [0.1, 0.15) is 64.5 Å². The van der Waals surface area contributed by atoms with Crippen LogP contribution in [0.15, 0.2) is 6.20 Å². The van der Waals surface area contributed by atoms with Crippen LogP contribution >= 0.6 is 0 Å². The Morgan fingerprint density at radius 2 is 2.04 bits per heavy atom. The van der Waals surface area contributed by atoms with Crippen molar-refractivity contribution in [2.45, 2.75) is 66.0 Å². The summed E-state index contributed by atoms with van der Waals surface area (Å²) < 4.78 is 0. The molecular formula is C20H30N4O2. The Labute approximate surface area is 156 Å². The van der Waals surface area contributed by atoms with Crippen LogP contribution in [0.5, 0.6) is 0 Å². The van der Waals surface area contributed by atoms with Crippen LogP contribution in [-0.2, 0) is 28.1 Å². The number of aromatic nitrogens is 2. The van der Waals surface area contributed by atoms with Gasteiger partial charge in [0.2, 0.25) is 11.8 Å². The van der Waals surface area contributed by atoms with Crippen molar-refractivity contribution >= 4 is 11.8 Å². The van der Waals surface area contributed by atoms with Gasteiger partial charge < -0.3 is 9.80 Å².